The van der Waals surface area contributed by atoms with Crippen LogP contribution in [-0.2, 0) is 9.47 Å². The highest BCUT2D eigenvalue weighted by molar-refractivity contribution is 5.46. The van der Waals surface area contributed by atoms with Crippen LogP contribution in [0.3, 0.4) is 0 Å². The van der Waals surface area contributed by atoms with Gasteiger partial charge in [0.05, 0.1) is 25.9 Å². The fraction of sp³-hybridized carbons (Fsp3) is 0.600. The Hall–Kier alpha value is -1.14. The summed E-state index contributed by atoms with van der Waals surface area (Å²) in [5.41, 5.74) is 1.87. The lowest BCUT2D eigenvalue weighted by Gasteiger charge is -2.34. The third-order valence-electron chi connectivity index (χ3n) is 3.16. The number of anilines is 1. The van der Waals surface area contributed by atoms with Gasteiger partial charge in [0.2, 0.25) is 0 Å². The Balaban J connectivity index is 1.96. The molecule has 0 aromatic heterocycles. The van der Waals surface area contributed by atoms with Gasteiger partial charge in [-0.2, -0.15) is 0 Å². The van der Waals surface area contributed by atoms with E-state index in [1.165, 1.54) is 0 Å². The highest BCUT2D eigenvalue weighted by atomic mass is 16.7. The molecule has 5 nitrogen and oxygen atoms in total. The van der Waals surface area contributed by atoms with Gasteiger partial charge in [0.15, 0.2) is 6.29 Å². The molecule has 0 radical (unpaired) electrons. The molecule has 1 aliphatic rings. The fourth-order valence-corrected chi connectivity index (χ4v) is 1.98. The third-order valence-corrected chi connectivity index (χ3v) is 3.16. The second-order valence-electron chi connectivity index (χ2n) is 5.96. The third kappa shape index (κ3) is 4.18. The molecule has 1 unspecified atom stereocenters. The van der Waals surface area contributed by atoms with Crippen molar-refractivity contribution in [2.24, 2.45) is 5.41 Å². The molecule has 0 aliphatic carbocycles. The molecule has 1 heterocycles. The van der Waals surface area contributed by atoms with Gasteiger partial charge in [-0.25, -0.2) is 0 Å². The maximum Gasteiger partial charge on any atom is 0.183 e. The molecular weight excluding hydrogens is 258 g/mol. The summed E-state index contributed by atoms with van der Waals surface area (Å²) < 4.78 is 11.5. The van der Waals surface area contributed by atoms with Crippen LogP contribution in [0.15, 0.2) is 24.3 Å². The van der Waals surface area contributed by atoms with Crippen LogP contribution < -0.4 is 5.32 Å². The van der Waals surface area contributed by atoms with Crippen LogP contribution in [0.2, 0.25) is 0 Å². The summed E-state index contributed by atoms with van der Waals surface area (Å²) in [6, 6.07) is 7.71. The van der Waals surface area contributed by atoms with E-state index in [9.17, 15) is 5.11 Å². The molecule has 0 amide bonds. The van der Waals surface area contributed by atoms with Crippen LogP contribution in [0.4, 0.5) is 5.69 Å². The van der Waals surface area contributed by atoms with Crippen molar-refractivity contribution in [1.82, 2.24) is 0 Å². The first-order valence-corrected chi connectivity index (χ1v) is 6.86. The van der Waals surface area contributed by atoms with Crippen molar-refractivity contribution < 1.29 is 19.7 Å². The zero-order valence-corrected chi connectivity index (χ0v) is 12.0. The molecule has 3 N–H and O–H groups in total. The normalized spacial score (nSPS) is 20.6. The van der Waals surface area contributed by atoms with Gasteiger partial charge in [0, 0.05) is 23.2 Å². The second kappa shape index (κ2) is 6.54. The molecule has 20 heavy (non-hydrogen) atoms. The minimum Gasteiger partial charge on any atom is -0.394 e. The molecule has 1 fully saturated rings. The van der Waals surface area contributed by atoms with E-state index in [1.807, 2.05) is 24.3 Å². The summed E-state index contributed by atoms with van der Waals surface area (Å²) in [4.78, 5) is 0. The van der Waals surface area contributed by atoms with Gasteiger partial charge < -0.3 is 25.0 Å². The summed E-state index contributed by atoms with van der Waals surface area (Å²) >= 11 is 0. The van der Waals surface area contributed by atoms with Crippen LogP contribution >= 0.6 is 0 Å². The fourth-order valence-electron chi connectivity index (χ4n) is 1.98. The van der Waals surface area contributed by atoms with E-state index in [1.54, 1.807) is 0 Å². The predicted octanol–water partition coefficient (Wildman–Crippen LogP) is 1.52. The first kappa shape index (κ1) is 15.3. The molecular formula is C15H23NO4. The van der Waals surface area contributed by atoms with Crippen molar-refractivity contribution in [2.45, 2.75) is 26.2 Å². The Kier molecular flexibility index (Phi) is 4.99. The standard InChI is InChI=1S/C15H23NO4/c1-15(2)9-19-14(20-10-15)11-4-3-5-12(6-11)16-7-13(18)8-17/h3-6,13-14,16-18H,7-10H2,1-2H3. The quantitative estimate of drug-likeness (QED) is 0.763. The smallest absolute Gasteiger partial charge is 0.183 e. The van der Waals surface area contributed by atoms with Crippen LogP contribution in [0.5, 0.6) is 0 Å². The molecule has 1 aromatic carbocycles. The van der Waals surface area contributed by atoms with Gasteiger partial charge in [0.1, 0.15) is 0 Å². The van der Waals surface area contributed by atoms with Crippen LogP contribution in [0.25, 0.3) is 0 Å². The van der Waals surface area contributed by atoms with E-state index >= 15 is 0 Å². The van der Waals surface area contributed by atoms with Crippen molar-refractivity contribution in [3.8, 4) is 0 Å². The minimum atomic E-state index is -0.762. The predicted molar refractivity (Wildman–Crippen MR) is 76.5 cm³/mol. The Bertz CT molecular complexity index is 426. The number of nitrogens with one attached hydrogen (secondary N) is 1. The number of aliphatic hydroxyl groups excluding tert-OH is 2. The van der Waals surface area contributed by atoms with Gasteiger partial charge in [0.25, 0.3) is 0 Å². The van der Waals surface area contributed by atoms with Crippen LogP contribution in [-0.4, -0.2) is 42.7 Å². The second-order valence-corrected chi connectivity index (χ2v) is 5.96. The lowest BCUT2D eigenvalue weighted by molar-refractivity contribution is -0.226. The highest BCUT2D eigenvalue weighted by Crippen LogP contribution is 2.31. The number of ether oxygens (including phenoxy) is 2. The number of rotatable bonds is 5. The van der Waals surface area contributed by atoms with Gasteiger partial charge in [-0.15, -0.1) is 0 Å². The summed E-state index contributed by atoms with van der Waals surface area (Å²) in [6.45, 7) is 5.60. The zero-order valence-electron chi connectivity index (χ0n) is 12.0. The van der Waals surface area contributed by atoms with E-state index in [0.29, 0.717) is 19.8 Å². The molecule has 112 valence electrons. The first-order valence-electron chi connectivity index (χ1n) is 6.86. The van der Waals surface area contributed by atoms with Crippen LogP contribution in [0, 0.1) is 5.41 Å². The van der Waals surface area contributed by atoms with E-state index in [0.717, 1.165) is 11.3 Å². The van der Waals surface area contributed by atoms with Gasteiger partial charge in [-0.1, -0.05) is 26.0 Å². The minimum absolute atomic E-state index is 0.0532. The van der Waals surface area contributed by atoms with Crippen molar-refractivity contribution in [3.05, 3.63) is 29.8 Å². The van der Waals surface area contributed by atoms with E-state index < -0.39 is 6.10 Å². The average Bonchev–Trinajstić information content (AvgIpc) is 2.45. The molecule has 0 spiro atoms. The van der Waals surface area contributed by atoms with Gasteiger partial charge in [-0.3, -0.25) is 0 Å². The average molecular weight is 281 g/mol. The Morgan fingerprint density at radius 3 is 2.70 bits per heavy atom. The lowest BCUT2D eigenvalue weighted by atomic mass is 9.95. The largest absolute Gasteiger partial charge is 0.394 e. The molecule has 5 heteroatoms. The Morgan fingerprint density at radius 1 is 1.35 bits per heavy atom. The topological polar surface area (TPSA) is 71.0 Å². The van der Waals surface area contributed by atoms with Crippen LogP contribution in [0.1, 0.15) is 25.7 Å². The zero-order chi connectivity index (χ0) is 14.6. The summed E-state index contributed by atoms with van der Waals surface area (Å²) in [6.07, 6.45) is -1.10. The molecule has 2 rings (SSSR count). The van der Waals surface area contributed by atoms with E-state index in [-0.39, 0.29) is 18.3 Å². The molecule has 1 aromatic rings. The molecule has 1 saturated heterocycles. The summed E-state index contributed by atoms with van der Waals surface area (Å²) in [7, 11) is 0. The van der Waals surface area contributed by atoms with Crippen molar-refractivity contribution in [1.29, 1.82) is 0 Å². The van der Waals surface area contributed by atoms with Gasteiger partial charge in [-0.05, 0) is 12.1 Å². The summed E-state index contributed by atoms with van der Waals surface area (Å²) in [5, 5.41) is 21.2. The van der Waals surface area contributed by atoms with Crippen molar-refractivity contribution in [2.75, 3.05) is 31.7 Å². The van der Waals surface area contributed by atoms with Crippen molar-refractivity contribution >= 4 is 5.69 Å². The molecule has 0 bridgehead atoms. The maximum absolute atomic E-state index is 9.33. The number of aliphatic hydroxyl groups is 2. The van der Waals surface area contributed by atoms with Crippen molar-refractivity contribution in [3.63, 3.8) is 0 Å². The molecule has 1 atom stereocenters. The molecule has 1 aliphatic heterocycles. The molecule has 0 saturated carbocycles. The van der Waals surface area contributed by atoms with E-state index in [2.05, 4.69) is 19.2 Å². The van der Waals surface area contributed by atoms with Gasteiger partial charge >= 0.3 is 0 Å². The number of hydrogen-bond acceptors (Lipinski definition) is 5. The number of hydrogen-bond donors (Lipinski definition) is 3. The summed E-state index contributed by atoms with van der Waals surface area (Å²) in [5.74, 6) is 0. The SMILES string of the molecule is CC1(C)COC(c2cccc(NCC(O)CO)c2)OC1. The maximum atomic E-state index is 9.33. The Labute approximate surface area is 119 Å². The highest BCUT2D eigenvalue weighted by Gasteiger charge is 2.29. The Morgan fingerprint density at radius 2 is 2.05 bits per heavy atom. The lowest BCUT2D eigenvalue weighted by Crippen LogP contribution is -2.33. The first-order chi connectivity index (χ1) is 9.50. The number of benzene rings is 1. The monoisotopic (exact) mass is 281 g/mol. The van der Waals surface area contributed by atoms with E-state index in [4.69, 9.17) is 14.6 Å².